The Bertz CT molecular complexity index is 819. The van der Waals surface area contributed by atoms with E-state index in [-0.39, 0.29) is 18.4 Å². The second-order valence-electron chi connectivity index (χ2n) is 9.57. The van der Waals surface area contributed by atoms with Crippen LogP contribution in [-0.2, 0) is 14.3 Å². The van der Waals surface area contributed by atoms with Crippen LogP contribution in [0.25, 0.3) is 0 Å². The molecule has 3 aliphatic rings. The van der Waals surface area contributed by atoms with Gasteiger partial charge in [0.05, 0.1) is 11.8 Å². The van der Waals surface area contributed by atoms with Crippen LogP contribution in [0.15, 0.2) is 30.3 Å². The van der Waals surface area contributed by atoms with Crippen molar-refractivity contribution >= 4 is 17.9 Å². The zero-order valence-electron chi connectivity index (χ0n) is 19.2. The topological polar surface area (TPSA) is 99.2 Å². The number of ether oxygens (including phenoxy) is 1. The highest BCUT2D eigenvalue weighted by atomic mass is 16.6. The molecule has 2 saturated heterocycles. The van der Waals surface area contributed by atoms with Gasteiger partial charge in [-0.3, -0.25) is 14.8 Å². The van der Waals surface area contributed by atoms with Gasteiger partial charge in [-0.15, -0.1) is 0 Å². The highest BCUT2D eigenvalue weighted by molar-refractivity contribution is 5.87. The maximum atomic E-state index is 13.4. The number of carbonyl (C=O) groups is 3. The van der Waals surface area contributed by atoms with Crippen molar-refractivity contribution in [2.24, 2.45) is 11.8 Å². The normalized spacial score (nSPS) is 26.5. The predicted octanol–water partition coefficient (Wildman–Crippen LogP) is 3.31. The molecule has 8 heteroatoms. The molecule has 0 radical (unpaired) electrons. The third-order valence-electron chi connectivity index (χ3n) is 7.53. The molecule has 4 rings (SSSR count). The largest absolute Gasteiger partial charge is 0.446 e. The minimum absolute atomic E-state index is 0.0316. The first-order chi connectivity index (χ1) is 16.1. The fourth-order valence-corrected chi connectivity index (χ4v) is 5.59. The highest BCUT2D eigenvalue weighted by Gasteiger charge is 2.43. The number of benzene rings is 1. The van der Waals surface area contributed by atoms with Crippen LogP contribution >= 0.6 is 0 Å². The summed E-state index contributed by atoms with van der Waals surface area (Å²) in [5.41, 5.74) is 3.03. The molecule has 3 atom stereocenters. The summed E-state index contributed by atoms with van der Waals surface area (Å²) < 4.78 is 5.69. The van der Waals surface area contributed by atoms with Crippen molar-refractivity contribution in [2.45, 2.75) is 63.4 Å². The lowest BCUT2D eigenvalue weighted by Gasteiger charge is -2.39. The molecule has 0 aromatic heterocycles. The molecular weight excluding hydrogens is 422 g/mol. The van der Waals surface area contributed by atoms with Crippen molar-refractivity contribution in [1.82, 2.24) is 15.3 Å². The van der Waals surface area contributed by atoms with Gasteiger partial charge in [0.1, 0.15) is 6.10 Å². The molecule has 8 nitrogen and oxygen atoms in total. The number of likely N-dealkylation sites (tertiary alicyclic amines) is 2. The van der Waals surface area contributed by atoms with Gasteiger partial charge in [0.2, 0.25) is 11.8 Å². The summed E-state index contributed by atoms with van der Waals surface area (Å²) in [4.78, 5) is 41.9. The summed E-state index contributed by atoms with van der Waals surface area (Å²) in [6.07, 6.45) is 5.38. The van der Waals surface area contributed by atoms with Crippen molar-refractivity contribution in [2.75, 3.05) is 26.2 Å². The van der Waals surface area contributed by atoms with E-state index in [1.807, 2.05) is 23.1 Å². The Kier molecular flexibility index (Phi) is 7.85. The highest BCUT2D eigenvalue weighted by Crippen LogP contribution is 2.36. The summed E-state index contributed by atoms with van der Waals surface area (Å²) in [6.45, 7) is 2.73. The summed E-state index contributed by atoms with van der Waals surface area (Å²) in [5.74, 6) is -1.38. The zero-order valence-corrected chi connectivity index (χ0v) is 19.2. The van der Waals surface area contributed by atoms with Crippen LogP contribution in [0.4, 0.5) is 4.79 Å². The van der Waals surface area contributed by atoms with Gasteiger partial charge in [-0.2, -0.15) is 0 Å². The van der Waals surface area contributed by atoms with E-state index < -0.39 is 23.8 Å². The van der Waals surface area contributed by atoms with Crippen LogP contribution in [0.5, 0.6) is 0 Å². The first-order valence-corrected chi connectivity index (χ1v) is 12.3. The van der Waals surface area contributed by atoms with Crippen LogP contribution in [0.1, 0.15) is 62.8 Å². The van der Waals surface area contributed by atoms with Gasteiger partial charge in [-0.1, -0.05) is 30.3 Å². The maximum Gasteiger partial charge on any atom is 0.410 e. The van der Waals surface area contributed by atoms with E-state index >= 15 is 0 Å². The molecule has 0 spiro atoms. The van der Waals surface area contributed by atoms with Gasteiger partial charge in [0.25, 0.3) is 0 Å². The van der Waals surface area contributed by atoms with E-state index in [4.69, 9.17) is 4.74 Å². The van der Waals surface area contributed by atoms with Gasteiger partial charge in [-0.25, -0.2) is 10.3 Å². The molecule has 1 aliphatic carbocycles. The minimum atomic E-state index is -0.706. The lowest BCUT2D eigenvalue weighted by atomic mass is 9.76. The fourth-order valence-electron chi connectivity index (χ4n) is 5.59. The Morgan fingerprint density at radius 2 is 1.55 bits per heavy atom. The average Bonchev–Trinajstić information content (AvgIpc) is 2.89. The van der Waals surface area contributed by atoms with E-state index in [0.29, 0.717) is 44.9 Å². The molecule has 1 saturated carbocycles. The first-order valence-electron chi connectivity index (χ1n) is 12.3. The number of hydrogen-bond acceptors (Lipinski definition) is 5. The van der Waals surface area contributed by atoms with Gasteiger partial charge in [-0.05, 0) is 62.8 Å². The summed E-state index contributed by atoms with van der Waals surface area (Å²) in [5, 5.41) is 9.29. The van der Waals surface area contributed by atoms with E-state index in [0.717, 1.165) is 32.1 Å². The van der Waals surface area contributed by atoms with Crippen LogP contribution in [0, 0.1) is 11.8 Å². The molecule has 3 fully saturated rings. The SMILES string of the molecule is O=C(NO)[C@H]1C[C@H](OC(=O)N2CCCCC2)CC[C@@H]1C(=O)N1CCC(c2ccccc2)CC1. The number of piperidine rings is 2. The van der Waals surface area contributed by atoms with Crippen molar-refractivity contribution in [3.63, 3.8) is 0 Å². The lowest BCUT2D eigenvalue weighted by Crippen LogP contribution is -2.49. The van der Waals surface area contributed by atoms with Crippen molar-refractivity contribution < 1.29 is 24.3 Å². The second kappa shape index (κ2) is 11.0. The Morgan fingerprint density at radius 1 is 0.848 bits per heavy atom. The van der Waals surface area contributed by atoms with Gasteiger partial charge in [0.15, 0.2) is 0 Å². The molecular formula is C25H35N3O5. The molecule has 3 amide bonds. The molecule has 2 N–H and O–H groups in total. The van der Waals surface area contributed by atoms with E-state index in [1.54, 1.807) is 10.4 Å². The molecule has 2 aliphatic heterocycles. The standard InChI is InChI=1S/C25H35N3O5/c29-23(26-32)22-17-20(33-25(31)28-13-5-2-6-14-28)9-10-21(22)24(30)27-15-11-19(12-16-27)18-7-3-1-4-8-18/h1,3-4,7-8,19-22,32H,2,5-6,9-17H2,(H,26,29)/t20-,21+,22+/m1/s1. The molecule has 2 heterocycles. The third-order valence-corrected chi connectivity index (χ3v) is 7.53. The van der Waals surface area contributed by atoms with Crippen molar-refractivity contribution in [3.8, 4) is 0 Å². The Balaban J connectivity index is 1.34. The molecule has 33 heavy (non-hydrogen) atoms. The van der Waals surface area contributed by atoms with Crippen molar-refractivity contribution in [3.05, 3.63) is 35.9 Å². The van der Waals surface area contributed by atoms with Gasteiger partial charge >= 0.3 is 6.09 Å². The summed E-state index contributed by atoms with van der Waals surface area (Å²) >= 11 is 0. The Morgan fingerprint density at radius 3 is 2.21 bits per heavy atom. The number of hydroxylamine groups is 1. The smallest absolute Gasteiger partial charge is 0.410 e. The summed E-state index contributed by atoms with van der Waals surface area (Å²) in [7, 11) is 0. The zero-order chi connectivity index (χ0) is 23.2. The molecule has 0 bridgehead atoms. The Labute approximate surface area is 195 Å². The molecule has 0 unspecified atom stereocenters. The lowest BCUT2D eigenvalue weighted by molar-refractivity contribution is -0.149. The number of hydrogen-bond donors (Lipinski definition) is 2. The first kappa shape index (κ1) is 23.5. The molecule has 1 aromatic carbocycles. The van der Waals surface area contributed by atoms with Gasteiger partial charge < -0.3 is 14.5 Å². The minimum Gasteiger partial charge on any atom is -0.446 e. The third kappa shape index (κ3) is 5.66. The Hall–Kier alpha value is -2.61. The van der Waals surface area contributed by atoms with Crippen LogP contribution in [0.2, 0.25) is 0 Å². The predicted molar refractivity (Wildman–Crippen MR) is 121 cm³/mol. The average molecular weight is 458 g/mol. The quantitative estimate of drug-likeness (QED) is 0.534. The number of nitrogens with zero attached hydrogens (tertiary/aromatic N) is 2. The molecule has 1 aromatic rings. The number of nitrogens with one attached hydrogen (secondary N) is 1. The maximum absolute atomic E-state index is 13.4. The number of rotatable bonds is 4. The monoisotopic (exact) mass is 457 g/mol. The summed E-state index contributed by atoms with van der Waals surface area (Å²) in [6, 6.07) is 10.4. The molecule has 180 valence electrons. The fraction of sp³-hybridized carbons (Fsp3) is 0.640. The number of amides is 3. The van der Waals surface area contributed by atoms with E-state index in [2.05, 4.69) is 12.1 Å². The van der Waals surface area contributed by atoms with Crippen LogP contribution < -0.4 is 5.48 Å². The van der Waals surface area contributed by atoms with Crippen LogP contribution in [0.3, 0.4) is 0 Å². The van der Waals surface area contributed by atoms with E-state index in [1.165, 1.54) is 5.56 Å². The van der Waals surface area contributed by atoms with Crippen LogP contribution in [-0.4, -0.2) is 65.2 Å². The number of carbonyl (C=O) groups excluding carboxylic acids is 3. The second-order valence-corrected chi connectivity index (χ2v) is 9.57. The van der Waals surface area contributed by atoms with Crippen molar-refractivity contribution in [1.29, 1.82) is 0 Å². The van der Waals surface area contributed by atoms with Gasteiger partial charge in [0, 0.05) is 26.2 Å². The van der Waals surface area contributed by atoms with E-state index in [9.17, 15) is 19.6 Å².